The molecule has 0 spiro atoms. The third kappa shape index (κ3) is 2.56. The number of aromatic nitrogens is 3. The zero-order valence-electron chi connectivity index (χ0n) is 11.5. The Bertz CT molecular complexity index is 746. The molecule has 1 aromatic heterocycles. The van der Waals surface area contributed by atoms with Crippen LogP contribution in [0.2, 0.25) is 0 Å². The largest absolute Gasteiger partial charge is 0.263 e. The van der Waals surface area contributed by atoms with Crippen LogP contribution >= 0.6 is 0 Å². The highest BCUT2D eigenvalue weighted by Crippen LogP contribution is 2.29. The van der Waals surface area contributed by atoms with Crippen LogP contribution in [0.15, 0.2) is 29.4 Å². The molecule has 0 amide bonds. The number of halogens is 1. The number of nitrogens with one attached hydrogen (secondary N) is 1. The zero-order chi connectivity index (χ0) is 15.0. The van der Waals surface area contributed by atoms with E-state index in [0.717, 1.165) is 0 Å². The van der Waals surface area contributed by atoms with Gasteiger partial charge in [0.05, 0.1) is 4.90 Å². The van der Waals surface area contributed by atoms with Crippen LogP contribution in [-0.2, 0) is 10.0 Å². The van der Waals surface area contributed by atoms with E-state index in [2.05, 4.69) is 15.2 Å². The molecular weight excluding hydrogens is 295 g/mol. The van der Waals surface area contributed by atoms with E-state index < -0.39 is 15.8 Å². The Morgan fingerprint density at radius 1 is 1.43 bits per heavy atom. The quantitative estimate of drug-likeness (QED) is 0.930. The molecule has 1 aliphatic rings. The van der Waals surface area contributed by atoms with Crippen molar-refractivity contribution in [1.82, 2.24) is 19.5 Å². The Morgan fingerprint density at radius 2 is 2.24 bits per heavy atom. The van der Waals surface area contributed by atoms with E-state index in [9.17, 15) is 12.8 Å². The third-order valence-corrected chi connectivity index (χ3v) is 5.60. The maximum absolute atomic E-state index is 13.3. The van der Waals surface area contributed by atoms with E-state index in [-0.39, 0.29) is 10.8 Å². The summed E-state index contributed by atoms with van der Waals surface area (Å²) in [6, 6.07) is 3.86. The smallest absolute Gasteiger partial charge is 0.243 e. The van der Waals surface area contributed by atoms with Crippen LogP contribution in [-0.4, -0.2) is 41.0 Å². The van der Waals surface area contributed by atoms with Crippen LogP contribution in [0.4, 0.5) is 4.39 Å². The van der Waals surface area contributed by atoms with Gasteiger partial charge in [0.15, 0.2) is 0 Å². The van der Waals surface area contributed by atoms with Crippen LogP contribution in [0.1, 0.15) is 23.7 Å². The number of nitrogens with zero attached hydrogens (tertiary/aromatic N) is 3. The first-order valence-electron chi connectivity index (χ1n) is 6.60. The average molecular weight is 310 g/mol. The summed E-state index contributed by atoms with van der Waals surface area (Å²) in [7, 11) is -3.60. The second kappa shape index (κ2) is 5.19. The van der Waals surface area contributed by atoms with Crippen molar-refractivity contribution in [3.8, 4) is 0 Å². The number of rotatable bonds is 3. The van der Waals surface area contributed by atoms with E-state index in [1.54, 1.807) is 6.92 Å². The van der Waals surface area contributed by atoms with Crippen molar-refractivity contribution in [2.45, 2.75) is 24.2 Å². The van der Waals surface area contributed by atoms with E-state index in [1.165, 1.54) is 28.8 Å². The van der Waals surface area contributed by atoms with Gasteiger partial charge in [0, 0.05) is 19.0 Å². The molecule has 0 radical (unpaired) electrons. The molecule has 2 aromatic rings. The number of H-pyrrole nitrogens is 1. The molecule has 1 fully saturated rings. The number of hydrogen-bond acceptors (Lipinski definition) is 4. The Balaban J connectivity index is 1.84. The molecular formula is C13H15FN4O2S. The maximum atomic E-state index is 13.3. The summed E-state index contributed by atoms with van der Waals surface area (Å²) in [6.45, 7) is 2.33. The minimum absolute atomic E-state index is 0.0174. The predicted molar refractivity (Wildman–Crippen MR) is 73.6 cm³/mol. The maximum Gasteiger partial charge on any atom is 0.243 e. The van der Waals surface area contributed by atoms with Gasteiger partial charge >= 0.3 is 0 Å². The summed E-state index contributed by atoms with van der Waals surface area (Å²) in [5.41, 5.74) is 0.321. The Hall–Kier alpha value is -1.80. The number of aryl methyl sites for hydroxylation is 1. The molecule has 112 valence electrons. The molecule has 0 bridgehead atoms. The fourth-order valence-electron chi connectivity index (χ4n) is 2.51. The molecule has 0 aliphatic carbocycles. The van der Waals surface area contributed by atoms with Crippen molar-refractivity contribution in [2.75, 3.05) is 13.1 Å². The summed E-state index contributed by atoms with van der Waals surface area (Å²) in [5.74, 6) is 0.307. The van der Waals surface area contributed by atoms with Gasteiger partial charge in [-0.2, -0.15) is 9.40 Å². The normalized spacial score (nSPS) is 20.0. The third-order valence-electron chi connectivity index (χ3n) is 3.74. The van der Waals surface area contributed by atoms with Crippen LogP contribution in [0.3, 0.4) is 0 Å². The molecule has 0 unspecified atom stereocenters. The van der Waals surface area contributed by atoms with Crippen molar-refractivity contribution >= 4 is 10.0 Å². The van der Waals surface area contributed by atoms with Crippen molar-refractivity contribution in [2.24, 2.45) is 0 Å². The van der Waals surface area contributed by atoms with Gasteiger partial charge in [-0.25, -0.2) is 17.8 Å². The monoisotopic (exact) mass is 310 g/mol. The highest BCUT2D eigenvalue weighted by molar-refractivity contribution is 7.89. The summed E-state index contributed by atoms with van der Waals surface area (Å²) >= 11 is 0. The second-order valence-electron chi connectivity index (χ2n) is 5.13. The molecule has 1 aliphatic heterocycles. The molecule has 1 N–H and O–H groups in total. The summed E-state index contributed by atoms with van der Waals surface area (Å²) in [5, 5.41) is 6.56. The van der Waals surface area contributed by atoms with Gasteiger partial charge in [-0.15, -0.1) is 0 Å². The van der Waals surface area contributed by atoms with Gasteiger partial charge in [0.1, 0.15) is 18.0 Å². The Labute approximate surface area is 122 Å². The van der Waals surface area contributed by atoms with Gasteiger partial charge < -0.3 is 0 Å². The zero-order valence-corrected chi connectivity index (χ0v) is 12.3. The first-order valence-corrected chi connectivity index (χ1v) is 8.04. The molecule has 3 rings (SSSR count). The Kier molecular flexibility index (Phi) is 3.50. The first-order chi connectivity index (χ1) is 9.98. The van der Waals surface area contributed by atoms with Crippen molar-refractivity contribution < 1.29 is 12.8 Å². The number of hydrogen-bond donors (Lipinski definition) is 1. The van der Waals surface area contributed by atoms with E-state index in [1.807, 2.05) is 0 Å². The molecule has 8 heteroatoms. The Morgan fingerprint density at radius 3 is 2.90 bits per heavy atom. The molecule has 1 saturated heterocycles. The second-order valence-corrected chi connectivity index (χ2v) is 7.07. The van der Waals surface area contributed by atoms with Crippen LogP contribution in [0.5, 0.6) is 0 Å². The van der Waals surface area contributed by atoms with Crippen molar-refractivity contribution in [1.29, 1.82) is 0 Å². The summed E-state index contributed by atoms with van der Waals surface area (Å²) in [6.07, 6.45) is 2.10. The van der Waals surface area contributed by atoms with Crippen LogP contribution in [0, 0.1) is 12.7 Å². The van der Waals surface area contributed by atoms with E-state index in [0.29, 0.717) is 30.9 Å². The SMILES string of the molecule is Cc1cc(S(=O)(=O)N2CC[C@H](c3ncn[nH]3)C2)ccc1F. The fraction of sp³-hybridized carbons (Fsp3) is 0.385. The lowest BCUT2D eigenvalue weighted by atomic mass is 10.1. The lowest BCUT2D eigenvalue weighted by molar-refractivity contribution is 0.471. The van der Waals surface area contributed by atoms with Gasteiger partial charge in [0.25, 0.3) is 0 Å². The van der Waals surface area contributed by atoms with Crippen molar-refractivity contribution in [3.05, 3.63) is 41.7 Å². The lowest BCUT2D eigenvalue weighted by Gasteiger charge is -2.16. The lowest BCUT2D eigenvalue weighted by Crippen LogP contribution is -2.28. The molecule has 1 aromatic carbocycles. The number of aromatic amines is 1. The minimum atomic E-state index is -3.60. The van der Waals surface area contributed by atoms with Gasteiger partial charge in [0.2, 0.25) is 10.0 Å². The van der Waals surface area contributed by atoms with E-state index in [4.69, 9.17) is 0 Å². The first kappa shape index (κ1) is 14.2. The van der Waals surface area contributed by atoms with Gasteiger partial charge in [-0.05, 0) is 37.1 Å². The van der Waals surface area contributed by atoms with Crippen molar-refractivity contribution in [3.63, 3.8) is 0 Å². The molecule has 0 saturated carbocycles. The molecule has 2 heterocycles. The number of sulfonamides is 1. The van der Waals surface area contributed by atoms with Crippen LogP contribution < -0.4 is 0 Å². The van der Waals surface area contributed by atoms with Crippen LogP contribution in [0.25, 0.3) is 0 Å². The summed E-state index contributed by atoms with van der Waals surface area (Å²) < 4.78 is 39.8. The minimum Gasteiger partial charge on any atom is -0.263 e. The molecule has 1 atom stereocenters. The predicted octanol–water partition coefficient (Wildman–Crippen LogP) is 1.43. The highest BCUT2D eigenvalue weighted by atomic mass is 32.2. The van der Waals surface area contributed by atoms with Gasteiger partial charge in [-0.3, -0.25) is 5.10 Å². The number of benzene rings is 1. The summed E-state index contributed by atoms with van der Waals surface area (Å²) in [4.78, 5) is 4.20. The highest BCUT2D eigenvalue weighted by Gasteiger charge is 2.34. The molecule has 6 nitrogen and oxygen atoms in total. The molecule has 21 heavy (non-hydrogen) atoms. The van der Waals surface area contributed by atoms with E-state index >= 15 is 0 Å². The average Bonchev–Trinajstić information content (AvgIpc) is 3.11. The fourth-order valence-corrected chi connectivity index (χ4v) is 4.09. The standard InChI is InChI=1S/C13H15FN4O2S/c1-9-6-11(2-3-12(9)14)21(19,20)18-5-4-10(7-18)13-15-8-16-17-13/h2-3,6,8,10H,4-5,7H2,1H3,(H,15,16,17)/t10-/m0/s1. The van der Waals surface area contributed by atoms with Gasteiger partial charge in [-0.1, -0.05) is 0 Å². The topological polar surface area (TPSA) is 79.0 Å².